The van der Waals surface area contributed by atoms with E-state index in [1.165, 1.54) is 0 Å². The topological polar surface area (TPSA) is 46.9 Å². The highest BCUT2D eigenvalue weighted by Gasteiger charge is 2.26. The number of aromatic nitrogens is 2. The highest BCUT2D eigenvalue weighted by Crippen LogP contribution is 2.19. The lowest BCUT2D eigenvalue weighted by atomic mass is 10.1. The smallest absolute Gasteiger partial charge is 0.302 e. The van der Waals surface area contributed by atoms with E-state index in [1.807, 2.05) is 31.2 Å². The van der Waals surface area contributed by atoms with Gasteiger partial charge in [-0.2, -0.15) is 18.3 Å². The van der Waals surface area contributed by atoms with Crippen molar-refractivity contribution in [3.63, 3.8) is 0 Å². The molecule has 114 valence electrons. The number of nitrogens with zero attached hydrogens (tertiary/aromatic N) is 2. The zero-order chi connectivity index (χ0) is 15.5. The van der Waals surface area contributed by atoms with Gasteiger partial charge in [-0.05, 0) is 13.0 Å². The zero-order valence-electron chi connectivity index (χ0n) is 11.6. The van der Waals surface area contributed by atoms with Gasteiger partial charge in [0.25, 0.3) is 0 Å². The molecule has 0 atom stereocenters. The SMILES string of the molecule is CCn1nc(CC(=O)CNCC(F)(F)F)c2ccccc21. The van der Waals surface area contributed by atoms with Crippen LogP contribution in [0.3, 0.4) is 0 Å². The number of carbonyl (C=O) groups is 1. The Hall–Kier alpha value is -1.89. The number of fused-ring (bicyclic) bond motifs is 1. The van der Waals surface area contributed by atoms with E-state index in [0.717, 1.165) is 10.9 Å². The van der Waals surface area contributed by atoms with E-state index < -0.39 is 12.7 Å². The summed E-state index contributed by atoms with van der Waals surface area (Å²) < 4.78 is 37.8. The molecule has 2 rings (SSSR count). The lowest BCUT2D eigenvalue weighted by Crippen LogP contribution is -2.33. The van der Waals surface area contributed by atoms with Gasteiger partial charge < -0.3 is 5.32 Å². The van der Waals surface area contributed by atoms with Crippen LogP contribution in [0.15, 0.2) is 24.3 Å². The van der Waals surface area contributed by atoms with Crippen LogP contribution in [0.5, 0.6) is 0 Å². The number of hydrogen-bond donors (Lipinski definition) is 1. The number of Topliss-reactive ketones (excluding diaryl/α,β-unsaturated/α-hetero) is 1. The predicted molar refractivity (Wildman–Crippen MR) is 73.0 cm³/mol. The molecule has 0 unspecified atom stereocenters. The fourth-order valence-electron chi connectivity index (χ4n) is 2.16. The van der Waals surface area contributed by atoms with Crippen molar-refractivity contribution in [3.8, 4) is 0 Å². The van der Waals surface area contributed by atoms with E-state index in [9.17, 15) is 18.0 Å². The molecule has 1 aromatic carbocycles. The molecule has 0 saturated carbocycles. The lowest BCUT2D eigenvalue weighted by molar-refractivity contribution is -0.127. The maximum atomic E-state index is 12.0. The zero-order valence-corrected chi connectivity index (χ0v) is 11.6. The summed E-state index contributed by atoms with van der Waals surface area (Å²) in [6, 6.07) is 7.49. The van der Waals surface area contributed by atoms with Gasteiger partial charge in [-0.15, -0.1) is 0 Å². The average molecular weight is 299 g/mol. The molecule has 0 radical (unpaired) electrons. The fourth-order valence-corrected chi connectivity index (χ4v) is 2.16. The number of alkyl halides is 3. The second kappa shape index (κ2) is 6.26. The van der Waals surface area contributed by atoms with Crippen molar-refractivity contribution >= 4 is 16.7 Å². The van der Waals surface area contributed by atoms with E-state index in [-0.39, 0.29) is 18.7 Å². The largest absolute Gasteiger partial charge is 0.401 e. The molecule has 0 saturated heterocycles. The molecule has 21 heavy (non-hydrogen) atoms. The molecule has 0 bridgehead atoms. The van der Waals surface area contributed by atoms with E-state index in [2.05, 4.69) is 10.4 Å². The summed E-state index contributed by atoms with van der Waals surface area (Å²) in [4.78, 5) is 11.8. The molecule has 0 aliphatic heterocycles. The molecule has 7 heteroatoms. The molecule has 0 aliphatic carbocycles. The molecule has 0 spiro atoms. The number of ketones is 1. The lowest BCUT2D eigenvalue weighted by Gasteiger charge is -2.06. The highest BCUT2D eigenvalue weighted by atomic mass is 19.4. The number of aryl methyl sites for hydroxylation is 1. The average Bonchev–Trinajstić information content (AvgIpc) is 2.76. The first-order valence-electron chi connectivity index (χ1n) is 6.64. The van der Waals surface area contributed by atoms with Gasteiger partial charge in [0.15, 0.2) is 5.78 Å². The molecule has 0 fully saturated rings. The van der Waals surface area contributed by atoms with E-state index in [4.69, 9.17) is 0 Å². The van der Waals surface area contributed by atoms with E-state index in [1.54, 1.807) is 4.68 Å². The van der Waals surface area contributed by atoms with E-state index in [0.29, 0.717) is 12.2 Å². The first kappa shape index (κ1) is 15.5. The number of rotatable bonds is 6. The molecule has 1 N–H and O–H groups in total. The minimum atomic E-state index is -4.31. The Kier molecular flexibility index (Phi) is 4.62. The molecule has 1 aromatic heterocycles. The van der Waals surface area contributed by atoms with Crippen molar-refractivity contribution in [2.45, 2.75) is 26.1 Å². The van der Waals surface area contributed by atoms with Crippen LogP contribution in [0, 0.1) is 0 Å². The third kappa shape index (κ3) is 4.04. The Bertz CT molecular complexity index is 634. The molecule has 1 heterocycles. The monoisotopic (exact) mass is 299 g/mol. The summed E-state index contributed by atoms with van der Waals surface area (Å²) in [5.74, 6) is -0.314. The van der Waals surface area contributed by atoms with Crippen molar-refractivity contribution in [2.75, 3.05) is 13.1 Å². The van der Waals surface area contributed by atoms with Crippen molar-refractivity contribution in [1.82, 2.24) is 15.1 Å². The maximum Gasteiger partial charge on any atom is 0.401 e. The number of para-hydroxylation sites is 1. The summed E-state index contributed by atoms with van der Waals surface area (Å²) in [5, 5.41) is 7.32. The summed E-state index contributed by atoms with van der Waals surface area (Å²) in [5.41, 5.74) is 1.53. The van der Waals surface area contributed by atoms with Crippen LogP contribution in [0.4, 0.5) is 13.2 Å². The fraction of sp³-hybridized carbons (Fsp3) is 0.429. The van der Waals surface area contributed by atoms with Crippen molar-refractivity contribution in [3.05, 3.63) is 30.0 Å². The Labute approximate surface area is 119 Å². The Morgan fingerprint density at radius 2 is 2.05 bits per heavy atom. The van der Waals surface area contributed by atoms with Crippen molar-refractivity contribution < 1.29 is 18.0 Å². The minimum absolute atomic E-state index is 0.0262. The number of hydrogen-bond acceptors (Lipinski definition) is 3. The van der Waals surface area contributed by atoms with Gasteiger partial charge in [0, 0.05) is 11.9 Å². The molecular weight excluding hydrogens is 283 g/mol. The van der Waals surface area contributed by atoms with Crippen LogP contribution < -0.4 is 5.32 Å². The molecular formula is C14H16F3N3O. The standard InChI is InChI=1S/C14H16F3N3O/c1-2-20-13-6-4-3-5-11(13)12(19-20)7-10(21)8-18-9-14(15,16)17/h3-6,18H,2,7-9H2,1H3. The van der Waals surface area contributed by atoms with Gasteiger partial charge >= 0.3 is 6.18 Å². The van der Waals surface area contributed by atoms with Crippen LogP contribution in [0.25, 0.3) is 10.9 Å². The first-order chi connectivity index (χ1) is 9.90. The van der Waals surface area contributed by atoms with Gasteiger partial charge in [-0.25, -0.2) is 0 Å². The van der Waals surface area contributed by atoms with Gasteiger partial charge in [0.1, 0.15) is 0 Å². The molecule has 0 amide bonds. The molecule has 4 nitrogen and oxygen atoms in total. The minimum Gasteiger partial charge on any atom is -0.302 e. The van der Waals surface area contributed by atoms with Crippen LogP contribution in [0.2, 0.25) is 0 Å². The van der Waals surface area contributed by atoms with Gasteiger partial charge in [-0.3, -0.25) is 9.48 Å². The third-order valence-corrected chi connectivity index (χ3v) is 3.05. The molecule has 0 aliphatic rings. The summed E-state index contributed by atoms with van der Waals surface area (Å²) in [6.07, 6.45) is -4.28. The maximum absolute atomic E-state index is 12.0. The van der Waals surface area contributed by atoms with Crippen molar-refractivity contribution in [1.29, 1.82) is 0 Å². The Balaban J connectivity index is 2.04. The number of halogens is 3. The normalized spacial score (nSPS) is 12.0. The van der Waals surface area contributed by atoms with Crippen LogP contribution >= 0.6 is 0 Å². The van der Waals surface area contributed by atoms with Crippen LogP contribution in [-0.2, 0) is 17.8 Å². The van der Waals surface area contributed by atoms with Gasteiger partial charge in [0.05, 0.1) is 30.7 Å². The van der Waals surface area contributed by atoms with Crippen LogP contribution in [0.1, 0.15) is 12.6 Å². The number of carbonyl (C=O) groups excluding carboxylic acids is 1. The summed E-state index contributed by atoms with van der Waals surface area (Å²) >= 11 is 0. The Morgan fingerprint density at radius 3 is 2.71 bits per heavy atom. The molecule has 2 aromatic rings. The van der Waals surface area contributed by atoms with Crippen molar-refractivity contribution in [2.24, 2.45) is 0 Å². The summed E-state index contributed by atoms with van der Waals surface area (Å²) in [6.45, 7) is 1.13. The Morgan fingerprint density at radius 1 is 1.33 bits per heavy atom. The third-order valence-electron chi connectivity index (χ3n) is 3.05. The van der Waals surface area contributed by atoms with Crippen LogP contribution in [-0.4, -0.2) is 34.8 Å². The predicted octanol–water partition coefficient (Wildman–Crippen LogP) is 2.32. The quantitative estimate of drug-likeness (QED) is 0.890. The number of benzene rings is 1. The first-order valence-corrected chi connectivity index (χ1v) is 6.64. The second-order valence-corrected chi connectivity index (χ2v) is 4.71. The second-order valence-electron chi connectivity index (χ2n) is 4.71. The number of nitrogens with one attached hydrogen (secondary N) is 1. The highest BCUT2D eigenvalue weighted by molar-refractivity contribution is 5.89. The van der Waals surface area contributed by atoms with E-state index >= 15 is 0 Å². The summed E-state index contributed by atoms with van der Waals surface area (Å²) in [7, 11) is 0. The van der Waals surface area contributed by atoms with Gasteiger partial charge in [-0.1, -0.05) is 18.2 Å². The van der Waals surface area contributed by atoms with Gasteiger partial charge in [0.2, 0.25) is 0 Å².